The lowest BCUT2D eigenvalue weighted by atomic mass is 10.2. The largest absolute Gasteiger partial charge is 0.206 e. The van der Waals surface area contributed by atoms with Crippen molar-refractivity contribution >= 4 is 38.9 Å². The third-order valence-electron chi connectivity index (χ3n) is 1.56. The minimum atomic E-state index is -0.388. The minimum Gasteiger partial charge on any atom is -0.206 e. The summed E-state index contributed by atoms with van der Waals surface area (Å²) in [5.41, 5.74) is 0.414. The zero-order chi connectivity index (χ0) is 10.1. The molecule has 0 spiro atoms. The van der Waals surface area contributed by atoms with Gasteiger partial charge in [-0.15, -0.1) is 10.2 Å². The Morgan fingerprint density at radius 2 is 2.14 bits per heavy atom. The van der Waals surface area contributed by atoms with Gasteiger partial charge in [-0.25, -0.2) is 4.39 Å². The molecule has 1 heterocycles. The van der Waals surface area contributed by atoms with Crippen LogP contribution >= 0.6 is 38.9 Å². The van der Waals surface area contributed by atoms with Crippen molar-refractivity contribution in [3.05, 3.63) is 33.0 Å². The first-order valence-corrected chi connectivity index (χ1v) is 5.60. The van der Waals surface area contributed by atoms with Gasteiger partial charge in [0.25, 0.3) is 0 Å². The Bertz CT molecular complexity index is 474. The highest BCUT2D eigenvalue weighted by Crippen LogP contribution is 2.29. The molecule has 1 aromatic carbocycles. The van der Waals surface area contributed by atoms with Gasteiger partial charge in [-0.1, -0.05) is 22.9 Å². The number of benzene rings is 1. The standard InChI is InChI=1S/C8H3BrClFN2S/c9-8-13-12-7(14-8)5-2-1-4(10)3-6(5)11/h1-3H. The molecule has 0 aliphatic carbocycles. The van der Waals surface area contributed by atoms with Crippen LogP contribution in [0.15, 0.2) is 22.1 Å². The fraction of sp³-hybridized carbons (Fsp3) is 0. The lowest BCUT2D eigenvalue weighted by molar-refractivity contribution is 0.631. The molecule has 0 N–H and O–H groups in total. The van der Waals surface area contributed by atoms with Gasteiger partial charge >= 0.3 is 0 Å². The Hall–Kier alpha value is -0.520. The zero-order valence-corrected chi connectivity index (χ0v) is 9.83. The number of hydrogen-bond acceptors (Lipinski definition) is 3. The molecular weight excluding hydrogens is 291 g/mol. The molecule has 0 amide bonds. The number of halogens is 3. The Labute approximate surface area is 96.9 Å². The topological polar surface area (TPSA) is 25.8 Å². The molecule has 14 heavy (non-hydrogen) atoms. The van der Waals surface area contributed by atoms with Crippen LogP contribution in [0.2, 0.25) is 5.02 Å². The van der Waals surface area contributed by atoms with Crippen LogP contribution in [0.25, 0.3) is 10.6 Å². The van der Waals surface area contributed by atoms with Crippen molar-refractivity contribution in [1.82, 2.24) is 10.2 Å². The summed E-state index contributed by atoms with van der Waals surface area (Å²) in [5, 5.41) is 8.46. The van der Waals surface area contributed by atoms with Crippen molar-refractivity contribution in [3.63, 3.8) is 0 Å². The molecule has 0 saturated heterocycles. The van der Waals surface area contributed by atoms with Crippen LogP contribution in [0, 0.1) is 5.82 Å². The Kier molecular flexibility index (Phi) is 2.80. The van der Waals surface area contributed by atoms with Crippen LogP contribution in [0.1, 0.15) is 0 Å². The van der Waals surface area contributed by atoms with Crippen molar-refractivity contribution in [2.24, 2.45) is 0 Å². The van der Waals surface area contributed by atoms with Crippen LogP contribution in [0.5, 0.6) is 0 Å². The Morgan fingerprint density at radius 3 is 2.71 bits per heavy atom. The van der Waals surface area contributed by atoms with Gasteiger partial charge in [-0.3, -0.25) is 0 Å². The molecule has 0 unspecified atom stereocenters. The molecule has 0 radical (unpaired) electrons. The Morgan fingerprint density at radius 1 is 1.36 bits per heavy atom. The summed E-state index contributed by atoms with van der Waals surface area (Å²) in [4.78, 5) is 0. The summed E-state index contributed by atoms with van der Waals surface area (Å²) in [6.07, 6.45) is 0. The summed E-state index contributed by atoms with van der Waals surface area (Å²) in [7, 11) is 0. The minimum absolute atomic E-state index is 0.370. The number of aromatic nitrogens is 2. The molecule has 2 nitrogen and oxygen atoms in total. The van der Waals surface area contributed by atoms with Gasteiger partial charge in [-0.2, -0.15) is 0 Å². The predicted molar refractivity (Wildman–Crippen MR) is 58.0 cm³/mol. The molecule has 6 heteroatoms. The summed E-state index contributed by atoms with van der Waals surface area (Å²) in [5.74, 6) is -0.388. The van der Waals surface area contributed by atoms with Gasteiger partial charge < -0.3 is 0 Å². The van der Waals surface area contributed by atoms with E-state index in [0.29, 0.717) is 19.5 Å². The molecule has 0 saturated carbocycles. The van der Waals surface area contributed by atoms with Crippen LogP contribution in [0.4, 0.5) is 4.39 Å². The van der Waals surface area contributed by atoms with E-state index in [9.17, 15) is 4.39 Å². The highest BCUT2D eigenvalue weighted by molar-refractivity contribution is 9.11. The normalized spacial score (nSPS) is 10.5. The van der Waals surface area contributed by atoms with E-state index >= 15 is 0 Å². The van der Waals surface area contributed by atoms with Gasteiger partial charge in [0.1, 0.15) is 5.82 Å². The molecule has 0 aliphatic heterocycles. The third-order valence-corrected chi connectivity index (χ3v) is 3.19. The summed E-state index contributed by atoms with van der Waals surface area (Å²) >= 11 is 10.1. The molecular formula is C8H3BrClFN2S. The lowest BCUT2D eigenvalue weighted by Crippen LogP contribution is -1.83. The molecule has 0 atom stereocenters. The van der Waals surface area contributed by atoms with Crippen molar-refractivity contribution in [3.8, 4) is 10.6 Å². The SMILES string of the molecule is Fc1cc(Cl)ccc1-c1nnc(Br)s1. The van der Waals surface area contributed by atoms with Gasteiger partial charge in [0, 0.05) is 10.6 Å². The van der Waals surface area contributed by atoms with Crippen LogP contribution in [-0.2, 0) is 0 Å². The van der Waals surface area contributed by atoms with E-state index in [4.69, 9.17) is 11.6 Å². The van der Waals surface area contributed by atoms with E-state index in [1.807, 2.05) is 0 Å². The summed E-state index contributed by atoms with van der Waals surface area (Å²) in [6.45, 7) is 0. The second-order valence-corrected chi connectivity index (χ2v) is 5.17. The molecule has 72 valence electrons. The highest BCUT2D eigenvalue weighted by Gasteiger charge is 2.10. The zero-order valence-electron chi connectivity index (χ0n) is 6.67. The maximum atomic E-state index is 13.4. The predicted octanol–water partition coefficient (Wildman–Crippen LogP) is 3.76. The van der Waals surface area contributed by atoms with Crippen LogP contribution in [-0.4, -0.2) is 10.2 Å². The lowest BCUT2D eigenvalue weighted by Gasteiger charge is -1.97. The van der Waals surface area contributed by atoms with Gasteiger partial charge in [0.05, 0.1) is 0 Å². The maximum Gasteiger partial charge on any atom is 0.183 e. The van der Waals surface area contributed by atoms with E-state index < -0.39 is 0 Å². The molecule has 2 aromatic rings. The summed E-state index contributed by atoms with van der Waals surface area (Å²) in [6, 6.07) is 4.46. The van der Waals surface area contributed by atoms with E-state index in [1.54, 1.807) is 12.1 Å². The first-order valence-electron chi connectivity index (χ1n) is 3.61. The Balaban J connectivity index is 2.52. The fourth-order valence-electron chi connectivity index (χ4n) is 0.977. The number of hydrogen-bond donors (Lipinski definition) is 0. The van der Waals surface area contributed by atoms with E-state index in [-0.39, 0.29) is 5.82 Å². The van der Waals surface area contributed by atoms with Crippen molar-refractivity contribution in [2.75, 3.05) is 0 Å². The van der Waals surface area contributed by atoms with Crippen molar-refractivity contribution in [1.29, 1.82) is 0 Å². The molecule has 0 bridgehead atoms. The van der Waals surface area contributed by atoms with Gasteiger partial charge in [0.15, 0.2) is 8.92 Å². The van der Waals surface area contributed by atoms with E-state index in [1.165, 1.54) is 17.4 Å². The quantitative estimate of drug-likeness (QED) is 0.800. The van der Waals surface area contributed by atoms with Gasteiger partial charge in [-0.05, 0) is 34.1 Å². The number of rotatable bonds is 1. The molecule has 2 rings (SSSR count). The first kappa shape index (κ1) is 10.0. The maximum absolute atomic E-state index is 13.4. The van der Waals surface area contributed by atoms with Crippen LogP contribution in [0.3, 0.4) is 0 Å². The molecule has 0 aliphatic rings. The fourth-order valence-corrected chi connectivity index (χ4v) is 2.27. The number of nitrogens with zero attached hydrogens (tertiary/aromatic N) is 2. The monoisotopic (exact) mass is 292 g/mol. The first-order chi connectivity index (χ1) is 6.66. The smallest absolute Gasteiger partial charge is 0.183 e. The molecule has 1 aromatic heterocycles. The summed E-state index contributed by atoms with van der Waals surface area (Å²) < 4.78 is 14.0. The van der Waals surface area contributed by atoms with E-state index in [2.05, 4.69) is 26.1 Å². The van der Waals surface area contributed by atoms with E-state index in [0.717, 1.165) is 0 Å². The van der Waals surface area contributed by atoms with Crippen molar-refractivity contribution in [2.45, 2.75) is 0 Å². The second-order valence-electron chi connectivity index (χ2n) is 2.48. The second kappa shape index (κ2) is 3.92. The molecule has 0 fully saturated rings. The third kappa shape index (κ3) is 1.94. The van der Waals surface area contributed by atoms with Gasteiger partial charge in [0.2, 0.25) is 0 Å². The average molecular weight is 294 g/mol. The average Bonchev–Trinajstić information content (AvgIpc) is 2.51. The highest BCUT2D eigenvalue weighted by atomic mass is 79.9. The van der Waals surface area contributed by atoms with Crippen LogP contribution < -0.4 is 0 Å². The van der Waals surface area contributed by atoms with Crippen molar-refractivity contribution < 1.29 is 4.39 Å².